The fraction of sp³-hybridized carbons (Fsp3) is 0.452. The number of ether oxygens (including phenoxy) is 1. The van der Waals surface area contributed by atoms with Crippen LogP contribution in [0.3, 0.4) is 0 Å². The molecule has 1 atom stereocenters. The molecule has 2 aliphatic rings. The van der Waals surface area contributed by atoms with Gasteiger partial charge in [-0.15, -0.1) is 0 Å². The third-order valence-corrected chi connectivity index (χ3v) is 10.3. The van der Waals surface area contributed by atoms with Gasteiger partial charge in [0.25, 0.3) is 5.91 Å². The molecule has 0 bridgehead atoms. The number of anilines is 4. The number of aliphatic hydroxyl groups is 1. The molecule has 3 heterocycles. The lowest BCUT2D eigenvalue weighted by Crippen LogP contribution is -2.48. The fourth-order valence-corrected chi connectivity index (χ4v) is 6.91. The average Bonchev–Trinajstić information content (AvgIpc) is 3.30. The molecule has 0 radical (unpaired) electrons. The molecule has 1 fully saturated rings. The van der Waals surface area contributed by atoms with E-state index in [0.29, 0.717) is 35.8 Å². The number of sulfone groups is 1. The quantitative estimate of drug-likeness (QED) is 0.262. The first-order valence-corrected chi connectivity index (χ1v) is 16.8. The summed E-state index contributed by atoms with van der Waals surface area (Å²) >= 11 is 6.44. The molecule has 0 spiro atoms. The van der Waals surface area contributed by atoms with E-state index >= 15 is 0 Å². The molecular weight excluding hydrogens is 604 g/mol. The molecule has 0 saturated carbocycles. The van der Waals surface area contributed by atoms with Crippen molar-refractivity contribution in [2.24, 2.45) is 0 Å². The first-order valence-electron chi connectivity index (χ1n) is 14.8. The lowest BCUT2D eigenvalue weighted by molar-refractivity contribution is 0.0544. The van der Waals surface area contributed by atoms with Crippen LogP contribution in [0.5, 0.6) is 5.75 Å². The zero-order valence-electron chi connectivity index (χ0n) is 25.4. The zero-order chi connectivity index (χ0) is 31.6. The van der Waals surface area contributed by atoms with E-state index in [1.165, 1.54) is 6.20 Å². The third-order valence-electron chi connectivity index (χ3n) is 7.80. The Balaban J connectivity index is 1.43. The van der Waals surface area contributed by atoms with E-state index in [0.717, 1.165) is 31.5 Å². The summed E-state index contributed by atoms with van der Waals surface area (Å²) in [7, 11) is -3.58. The van der Waals surface area contributed by atoms with E-state index in [1.54, 1.807) is 44.2 Å². The van der Waals surface area contributed by atoms with Crippen molar-refractivity contribution in [2.75, 3.05) is 36.9 Å². The number of halogens is 1. The molecule has 2 aliphatic heterocycles. The first kappa shape index (κ1) is 32.0. The molecule has 0 aliphatic carbocycles. The maximum atomic E-state index is 13.6. The summed E-state index contributed by atoms with van der Waals surface area (Å²) in [5.74, 6) is 0.914. The van der Waals surface area contributed by atoms with Gasteiger partial charge in [0.05, 0.1) is 40.4 Å². The minimum atomic E-state index is -3.58. The number of nitrogens with one attached hydrogen (secondary N) is 2. The van der Waals surface area contributed by atoms with Gasteiger partial charge in [-0.05, 0) is 76.9 Å². The minimum Gasteiger partial charge on any atom is -0.489 e. The predicted octanol–water partition coefficient (Wildman–Crippen LogP) is 5.00. The number of β-amino-alcohol motifs (C(OH)–C–C–N with tert-alkyl or cyclic N) is 1. The van der Waals surface area contributed by atoms with Crippen LogP contribution in [0.25, 0.3) is 0 Å². The van der Waals surface area contributed by atoms with E-state index < -0.39 is 15.1 Å². The van der Waals surface area contributed by atoms with E-state index in [9.17, 15) is 18.3 Å². The molecule has 1 amide bonds. The van der Waals surface area contributed by atoms with Gasteiger partial charge in [-0.25, -0.2) is 13.4 Å². The summed E-state index contributed by atoms with van der Waals surface area (Å²) in [5.41, 5.74) is 2.34. The lowest BCUT2D eigenvalue weighted by Gasteiger charge is -2.37. The second-order valence-corrected chi connectivity index (χ2v) is 14.5. The van der Waals surface area contributed by atoms with Gasteiger partial charge in [-0.2, -0.15) is 4.98 Å². The number of aromatic nitrogens is 2. The lowest BCUT2D eigenvalue weighted by atomic mass is 10.0. The number of fused-ring (bicyclic) bond motifs is 1. The smallest absolute Gasteiger partial charge is 0.254 e. The predicted molar refractivity (Wildman–Crippen MR) is 171 cm³/mol. The van der Waals surface area contributed by atoms with Crippen LogP contribution in [0, 0.1) is 0 Å². The van der Waals surface area contributed by atoms with Crippen molar-refractivity contribution >= 4 is 50.5 Å². The SMILES string of the molecule is CC(C)Oc1cc2c(cc1Nc1ncc(Cl)c(Nc3ccccc3S(=O)(=O)C(C)C)n1)C(=O)N(C1CCCN(CCO)C1)C2. The Morgan fingerprint density at radius 2 is 1.91 bits per heavy atom. The van der Waals surface area contributed by atoms with Crippen LogP contribution in [0.2, 0.25) is 5.02 Å². The van der Waals surface area contributed by atoms with Crippen molar-refractivity contribution in [2.45, 2.75) is 69.4 Å². The van der Waals surface area contributed by atoms with Gasteiger partial charge in [0, 0.05) is 31.2 Å². The number of para-hydroxylation sites is 1. The van der Waals surface area contributed by atoms with Gasteiger partial charge in [0.2, 0.25) is 5.95 Å². The van der Waals surface area contributed by atoms with Crippen LogP contribution in [-0.4, -0.2) is 82.8 Å². The van der Waals surface area contributed by atoms with Gasteiger partial charge >= 0.3 is 0 Å². The van der Waals surface area contributed by atoms with Gasteiger partial charge in [-0.3, -0.25) is 9.69 Å². The standard InChI is InChI=1S/C31H39ClN6O5S/c1-19(2)43-27-14-21-17-38(22-8-7-11-37(18-22)12-13-39)30(40)23(21)15-26(27)35-31-33-16-24(32)29(36-31)34-25-9-5-6-10-28(25)44(41,42)20(3)4/h5-6,9-10,14-16,19-20,22,39H,7-8,11-13,17-18H2,1-4H3,(H2,33,34,35,36). The topological polar surface area (TPSA) is 137 Å². The van der Waals surface area contributed by atoms with E-state index in [4.69, 9.17) is 16.3 Å². The summed E-state index contributed by atoms with van der Waals surface area (Å²) in [6.45, 7) is 9.95. The minimum absolute atomic E-state index is 0.0441. The Bertz CT molecular complexity index is 1630. The molecule has 44 heavy (non-hydrogen) atoms. The van der Waals surface area contributed by atoms with Crippen LogP contribution in [0.4, 0.5) is 23.1 Å². The highest BCUT2D eigenvalue weighted by Gasteiger charge is 2.36. The van der Waals surface area contributed by atoms with Crippen molar-refractivity contribution in [3.05, 3.63) is 58.7 Å². The first-order chi connectivity index (χ1) is 21.0. The highest BCUT2D eigenvalue weighted by atomic mass is 35.5. The van der Waals surface area contributed by atoms with Gasteiger partial charge in [0.1, 0.15) is 10.8 Å². The monoisotopic (exact) mass is 642 g/mol. The van der Waals surface area contributed by atoms with Gasteiger partial charge < -0.3 is 25.4 Å². The molecular formula is C31H39ClN6O5S. The van der Waals surface area contributed by atoms with Crippen molar-refractivity contribution in [3.63, 3.8) is 0 Å². The largest absolute Gasteiger partial charge is 0.489 e. The molecule has 2 aromatic carbocycles. The van der Waals surface area contributed by atoms with Crippen molar-refractivity contribution in [1.82, 2.24) is 19.8 Å². The second-order valence-electron chi connectivity index (χ2n) is 11.7. The summed E-state index contributed by atoms with van der Waals surface area (Å²) in [4.78, 5) is 26.8. The number of amides is 1. The summed E-state index contributed by atoms with van der Waals surface area (Å²) < 4.78 is 32.1. The number of carbonyl (C=O) groups excluding carboxylic acids is 1. The number of aliphatic hydroxyl groups excluding tert-OH is 1. The summed E-state index contributed by atoms with van der Waals surface area (Å²) in [6, 6.07) is 10.3. The Morgan fingerprint density at radius 3 is 2.64 bits per heavy atom. The number of likely N-dealkylation sites (tertiary alicyclic amines) is 1. The Morgan fingerprint density at radius 1 is 1.14 bits per heavy atom. The van der Waals surface area contributed by atoms with E-state index in [-0.39, 0.29) is 46.3 Å². The fourth-order valence-electron chi connectivity index (χ4n) is 5.57. The molecule has 1 aromatic heterocycles. The van der Waals surface area contributed by atoms with Gasteiger partial charge in [0.15, 0.2) is 15.7 Å². The van der Waals surface area contributed by atoms with Crippen LogP contribution in [0.15, 0.2) is 47.5 Å². The van der Waals surface area contributed by atoms with Crippen LogP contribution in [0.1, 0.15) is 56.5 Å². The van der Waals surface area contributed by atoms with Crippen LogP contribution in [-0.2, 0) is 16.4 Å². The summed E-state index contributed by atoms with van der Waals surface area (Å²) in [5, 5.41) is 15.2. The van der Waals surface area contributed by atoms with Crippen LogP contribution < -0.4 is 15.4 Å². The molecule has 5 rings (SSSR count). The number of nitrogens with zero attached hydrogens (tertiary/aromatic N) is 4. The Kier molecular flexibility index (Phi) is 9.64. The molecule has 3 aromatic rings. The highest BCUT2D eigenvalue weighted by molar-refractivity contribution is 7.92. The van der Waals surface area contributed by atoms with Crippen molar-refractivity contribution < 1.29 is 23.1 Å². The number of benzene rings is 2. The zero-order valence-corrected chi connectivity index (χ0v) is 27.0. The van der Waals surface area contributed by atoms with E-state index in [1.807, 2.05) is 24.8 Å². The second kappa shape index (κ2) is 13.3. The van der Waals surface area contributed by atoms with E-state index in [2.05, 4.69) is 25.5 Å². The highest BCUT2D eigenvalue weighted by Crippen LogP contribution is 2.38. The van der Waals surface area contributed by atoms with Crippen LogP contribution >= 0.6 is 11.6 Å². The molecule has 13 heteroatoms. The van der Waals surface area contributed by atoms with Crippen molar-refractivity contribution in [3.8, 4) is 5.75 Å². The number of carbonyl (C=O) groups is 1. The third kappa shape index (κ3) is 6.78. The Labute approximate surface area is 263 Å². The average molecular weight is 643 g/mol. The molecule has 3 N–H and O–H groups in total. The maximum absolute atomic E-state index is 13.6. The number of rotatable bonds is 11. The molecule has 1 unspecified atom stereocenters. The molecule has 1 saturated heterocycles. The van der Waals surface area contributed by atoms with Gasteiger partial charge in [-0.1, -0.05) is 23.7 Å². The number of hydrogen-bond donors (Lipinski definition) is 3. The normalized spacial score (nSPS) is 17.3. The molecule has 236 valence electrons. The molecule has 11 nitrogen and oxygen atoms in total. The van der Waals surface area contributed by atoms with Crippen molar-refractivity contribution in [1.29, 1.82) is 0 Å². The number of piperidine rings is 1. The maximum Gasteiger partial charge on any atom is 0.254 e. The number of hydrogen-bond acceptors (Lipinski definition) is 10. The summed E-state index contributed by atoms with van der Waals surface area (Å²) in [6.07, 6.45) is 3.17. The Hall–Kier alpha value is -3.45.